The molecular formula is C8H18N4S. The molecule has 0 aliphatic carbocycles. The molecule has 0 amide bonds. The van der Waals surface area contributed by atoms with Crippen LogP contribution in [0.4, 0.5) is 0 Å². The SMILES string of the molecule is CN(N)/C=C(\N)CN1CCSCC1. The van der Waals surface area contributed by atoms with Gasteiger partial charge in [-0.15, -0.1) is 0 Å². The number of hydrazine groups is 1. The van der Waals surface area contributed by atoms with Crippen molar-refractivity contribution in [1.82, 2.24) is 9.91 Å². The maximum atomic E-state index is 5.80. The molecule has 1 saturated heterocycles. The second-order valence-corrected chi connectivity index (χ2v) is 4.48. The molecule has 1 aliphatic rings. The molecule has 76 valence electrons. The molecule has 0 aromatic carbocycles. The van der Waals surface area contributed by atoms with Crippen molar-refractivity contribution >= 4 is 11.8 Å². The van der Waals surface area contributed by atoms with E-state index < -0.39 is 0 Å². The molecule has 5 heteroatoms. The number of hydrogen-bond acceptors (Lipinski definition) is 5. The third kappa shape index (κ3) is 4.40. The van der Waals surface area contributed by atoms with Gasteiger partial charge < -0.3 is 10.7 Å². The molecule has 4 N–H and O–H groups in total. The van der Waals surface area contributed by atoms with Crippen molar-refractivity contribution in [1.29, 1.82) is 0 Å². The highest BCUT2D eigenvalue weighted by molar-refractivity contribution is 7.99. The van der Waals surface area contributed by atoms with Crippen LogP contribution in [0.2, 0.25) is 0 Å². The molecule has 1 aliphatic heterocycles. The smallest absolute Gasteiger partial charge is 0.0400 e. The zero-order valence-corrected chi connectivity index (χ0v) is 8.89. The van der Waals surface area contributed by atoms with E-state index in [9.17, 15) is 0 Å². The summed E-state index contributed by atoms with van der Waals surface area (Å²) in [6.07, 6.45) is 1.77. The lowest BCUT2D eigenvalue weighted by Gasteiger charge is -2.26. The standard InChI is InChI=1S/C8H18N4S/c1-11(10)6-8(9)7-12-2-4-13-5-3-12/h6H,2-5,7,9-10H2,1H3/b8-6-. The van der Waals surface area contributed by atoms with Gasteiger partial charge in [0, 0.05) is 50.1 Å². The van der Waals surface area contributed by atoms with E-state index in [4.69, 9.17) is 11.6 Å². The van der Waals surface area contributed by atoms with Gasteiger partial charge in [-0.25, -0.2) is 5.84 Å². The van der Waals surface area contributed by atoms with Crippen LogP contribution in [-0.4, -0.2) is 48.1 Å². The van der Waals surface area contributed by atoms with Crippen LogP contribution >= 0.6 is 11.8 Å². The average molecular weight is 202 g/mol. The van der Waals surface area contributed by atoms with Gasteiger partial charge in [-0.1, -0.05) is 0 Å². The van der Waals surface area contributed by atoms with E-state index in [-0.39, 0.29) is 0 Å². The zero-order chi connectivity index (χ0) is 9.68. The van der Waals surface area contributed by atoms with Crippen molar-refractivity contribution in [3.63, 3.8) is 0 Å². The second-order valence-electron chi connectivity index (χ2n) is 3.26. The van der Waals surface area contributed by atoms with Gasteiger partial charge in [0.25, 0.3) is 0 Å². The van der Waals surface area contributed by atoms with Gasteiger partial charge in [-0.3, -0.25) is 4.90 Å². The fourth-order valence-corrected chi connectivity index (χ4v) is 2.30. The Hall–Kier alpha value is -0.390. The molecule has 1 rings (SSSR count). The molecule has 0 radical (unpaired) electrons. The van der Waals surface area contributed by atoms with Crippen LogP contribution in [0.15, 0.2) is 11.9 Å². The van der Waals surface area contributed by atoms with Gasteiger partial charge in [-0.2, -0.15) is 11.8 Å². The van der Waals surface area contributed by atoms with Crippen LogP contribution in [0.25, 0.3) is 0 Å². The number of hydrogen-bond donors (Lipinski definition) is 2. The molecule has 0 spiro atoms. The van der Waals surface area contributed by atoms with Gasteiger partial charge in [-0.05, 0) is 0 Å². The summed E-state index contributed by atoms with van der Waals surface area (Å²) in [4.78, 5) is 2.35. The van der Waals surface area contributed by atoms with E-state index in [1.165, 1.54) is 16.5 Å². The predicted molar refractivity (Wildman–Crippen MR) is 58.0 cm³/mol. The summed E-state index contributed by atoms with van der Waals surface area (Å²) in [6, 6.07) is 0. The highest BCUT2D eigenvalue weighted by Crippen LogP contribution is 2.09. The largest absolute Gasteiger partial charge is 0.400 e. The van der Waals surface area contributed by atoms with Crippen molar-refractivity contribution in [2.45, 2.75) is 0 Å². The third-order valence-electron chi connectivity index (χ3n) is 1.88. The molecule has 4 nitrogen and oxygen atoms in total. The number of thioether (sulfide) groups is 1. The lowest BCUT2D eigenvalue weighted by molar-refractivity contribution is 0.324. The molecule has 0 unspecified atom stereocenters. The first-order chi connectivity index (χ1) is 6.18. The molecule has 0 atom stereocenters. The molecule has 1 fully saturated rings. The zero-order valence-electron chi connectivity index (χ0n) is 8.07. The Morgan fingerprint density at radius 1 is 1.54 bits per heavy atom. The maximum Gasteiger partial charge on any atom is 0.0400 e. The fourth-order valence-electron chi connectivity index (χ4n) is 1.32. The van der Waals surface area contributed by atoms with E-state index in [2.05, 4.69) is 4.90 Å². The van der Waals surface area contributed by atoms with Crippen LogP contribution in [0.3, 0.4) is 0 Å². The van der Waals surface area contributed by atoms with Crippen LogP contribution < -0.4 is 11.6 Å². The number of nitrogens with two attached hydrogens (primary N) is 2. The van der Waals surface area contributed by atoms with Crippen LogP contribution in [0.1, 0.15) is 0 Å². The Morgan fingerprint density at radius 2 is 2.15 bits per heavy atom. The van der Waals surface area contributed by atoms with Crippen molar-refractivity contribution in [2.24, 2.45) is 11.6 Å². The van der Waals surface area contributed by atoms with Gasteiger partial charge in [0.05, 0.1) is 0 Å². The second kappa shape index (κ2) is 5.36. The summed E-state index contributed by atoms with van der Waals surface area (Å²) in [5.74, 6) is 7.88. The molecule has 0 bridgehead atoms. The van der Waals surface area contributed by atoms with Gasteiger partial charge in [0.1, 0.15) is 0 Å². The Balaban J connectivity index is 2.29. The minimum Gasteiger partial charge on any atom is -0.400 e. The van der Waals surface area contributed by atoms with Gasteiger partial charge >= 0.3 is 0 Å². The highest BCUT2D eigenvalue weighted by atomic mass is 32.2. The lowest BCUT2D eigenvalue weighted by atomic mass is 10.4. The summed E-state index contributed by atoms with van der Waals surface area (Å²) >= 11 is 2.00. The van der Waals surface area contributed by atoms with Crippen molar-refractivity contribution in [2.75, 3.05) is 38.2 Å². The van der Waals surface area contributed by atoms with E-state index in [1.807, 2.05) is 11.8 Å². The minimum atomic E-state index is 0.830. The van der Waals surface area contributed by atoms with Crippen molar-refractivity contribution in [3.05, 3.63) is 11.9 Å². The lowest BCUT2D eigenvalue weighted by Crippen LogP contribution is -2.36. The average Bonchev–Trinajstić information content (AvgIpc) is 2.04. The highest BCUT2D eigenvalue weighted by Gasteiger charge is 2.10. The Bertz CT molecular complexity index is 175. The van der Waals surface area contributed by atoms with E-state index in [0.29, 0.717) is 0 Å². The first kappa shape index (κ1) is 10.7. The third-order valence-corrected chi connectivity index (χ3v) is 2.82. The fraction of sp³-hybridized carbons (Fsp3) is 0.750. The summed E-state index contributed by atoms with van der Waals surface area (Å²) in [6.45, 7) is 3.10. The maximum absolute atomic E-state index is 5.80. The predicted octanol–water partition coefficient (Wildman–Crippen LogP) is -0.359. The Morgan fingerprint density at radius 3 is 2.69 bits per heavy atom. The molecule has 0 saturated carbocycles. The Labute approximate surface area is 83.9 Å². The molecule has 0 aromatic rings. The quantitative estimate of drug-likeness (QED) is 0.483. The van der Waals surface area contributed by atoms with E-state index in [1.54, 1.807) is 13.2 Å². The topological polar surface area (TPSA) is 58.5 Å². The van der Waals surface area contributed by atoms with E-state index in [0.717, 1.165) is 25.3 Å². The molecule has 13 heavy (non-hydrogen) atoms. The van der Waals surface area contributed by atoms with Gasteiger partial charge in [0.2, 0.25) is 0 Å². The van der Waals surface area contributed by atoms with Crippen LogP contribution in [-0.2, 0) is 0 Å². The molecule has 0 aromatic heterocycles. The Kier molecular flexibility index (Phi) is 4.41. The number of nitrogens with zero attached hydrogens (tertiary/aromatic N) is 2. The first-order valence-corrected chi connectivity index (χ1v) is 5.58. The summed E-state index contributed by atoms with van der Waals surface area (Å²) in [7, 11) is 1.78. The van der Waals surface area contributed by atoms with Crippen LogP contribution in [0, 0.1) is 0 Å². The summed E-state index contributed by atoms with van der Waals surface area (Å²) in [5.41, 5.74) is 6.63. The van der Waals surface area contributed by atoms with Crippen molar-refractivity contribution in [3.8, 4) is 0 Å². The van der Waals surface area contributed by atoms with E-state index >= 15 is 0 Å². The van der Waals surface area contributed by atoms with Crippen molar-refractivity contribution < 1.29 is 0 Å². The first-order valence-electron chi connectivity index (χ1n) is 4.42. The molecule has 1 heterocycles. The minimum absolute atomic E-state index is 0.830. The monoisotopic (exact) mass is 202 g/mol. The van der Waals surface area contributed by atoms with Gasteiger partial charge in [0.15, 0.2) is 0 Å². The summed E-state index contributed by atoms with van der Waals surface area (Å²) in [5, 5.41) is 1.49. The number of rotatable bonds is 3. The summed E-state index contributed by atoms with van der Waals surface area (Å²) < 4.78 is 0. The normalized spacial score (nSPS) is 20.3. The molecular weight excluding hydrogens is 184 g/mol. The van der Waals surface area contributed by atoms with Crippen LogP contribution in [0.5, 0.6) is 0 Å².